The Morgan fingerprint density at radius 2 is 1.74 bits per heavy atom. The van der Waals surface area contributed by atoms with Crippen molar-refractivity contribution in [2.24, 2.45) is 0 Å². The molecule has 0 aliphatic carbocycles. The van der Waals surface area contributed by atoms with Crippen molar-refractivity contribution in [1.82, 2.24) is 0 Å². The van der Waals surface area contributed by atoms with Crippen molar-refractivity contribution < 1.29 is 19.0 Å². The van der Waals surface area contributed by atoms with Gasteiger partial charge in [0.2, 0.25) is 5.75 Å². The molecule has 0 atom stereocenters. The van der Waals surface area contributed by atoms with Crippen molar-refractivity contribution in [3.05, 3.63) is 56.6 Å². The molecule has 0 unspecified atom stereocenters. The number of hydrogen-bond acceptors (Lipinski definition) is 7. The van der Waals surface area contributed by atoms with Gasteiger partial charge >= 0.3 is 0 Å². The number of nitrogens with two attached hydrogens (primary N) is 1. The molecule has 1 aromatic carbocycles. The van der Waals surface area contributed by atoms with Gasteiger partial charge in [-0.1, -0.05) is 6.08 Å². The molecule has 3 aromatic rings. The van der Waals surface area contributed by atoms with Crippen molar-refractivity contribution in [3.63, 3.8) is 0 Å². The van der Waals surface area contributed by atoms with Gasteiger partial charge in [-0.2, -0.15) is 11.3 Å². The topological polar surface area (TPSA) is 70.8 Å². The number of rotatable bonds is 7. The monoisotopic (exact) mass is 401 g/mol. The van der Waals surface area contributed by atoms with Crippen LogP contribution in [0.2, 0.25) is 0 Å². The van der Waals surface area contributed by atoms with Gasteiger partial charge in [0.15, 0.2) is 17.3 Å². The number of ether oxygens (including phenoxy) is 3. The van der Waals surface area contributed by atoms with E-state index in [4.69, 9.17) is 19.9 Å². The Bertz CT molecular complexity index is 949. The van der Waals surface area contributed by atoms with Crippen LogP contribution < -0.4 is 19.9 Å². The number of ketones is 1. The van der Waals surface area contributed by atoms with E-state index in [1.54, 1.807) is 29.5 Å². The van der Waals surface area contributed by atoms with E-state index in [-0.39, 0.29) is 5.78 Å². The van der Waals surface area contributed by atoms with E-state index in [0.29, 0.717) is 33.4 Å². The van der Waals surface area contributed by atoms with Gasteiger partial charge in [0.1, 0.15) is 0 Å². The Balaban J connectivity index is 1.94. The molecule has 0 spiro atoms. The third-order valence-electron chi connectivity index (χ3n) is 3.93. The Kier molecular flexibility index (Phi) is 5.83. The van der Waals surface area contributed by atoms with Crippen molar-refractivity contribution in [2.45, 2.75) is 0 Å². The average molecular weight is 402 g/mol. The number of benzene rings is 1. The molecule has 0 bridgehead atoms. The zero-order valence-electron chi connectivity index (χ0n) is 15.1. The maximum Gasteiger partial charge on any atom is 0.203 e. The Labute approximate surface area is 165 Å². The van der Waals surface area contributed by atoms with E-state index in [2.05, 4.69) is 5.38 Å². The zero-order valence-corrected chi connectivity index (χ0v) is 16.8. The predicted molar refractivity (Wildman–Crippen MR) is 112 cm³/mol. The summed E-state index contributed by atoms with van der Waals surface area (Å²) in [5.74, 6) is 1.09. The maximum atomic E-state index is 13.0. The summed E-state index contributed by atoms with van der Waals surface area (Å²) in [6.07, 6.45) is 3.95. The molecule has 0 aliphatic rings. The van der Waals surface area contributed by atoms with Crippen LogP contribution in [0, 0.1) is 0 Å². The zero-order chi connectivity index (χ0) is 19.4. The first-order valence-corrected chi connectivity index (χ1v) is 9.77. The van der Waals surface area contributed by atoms with Crippen LogP contribution in [0.3, 0.4) is 0 Å². The number of anilines is 1. The summed E-state index contributed by atoms with van der Waals surface area (Å²) in [6.45, 7) is 0. The van der Waals surface area contributed by atoms with E-state index in [1.165, 1.54) is 32.7 Å². The van der Waals surface area contributed by atoms with Gasteiger partial charge in [0, 0.05) is 10.4 Å². The minimum Gasteiger partial charge on any atom is -0.493 e. The second-order valence-corrected chi connectivity index (χ2v) is 7.46. The third kappa shape index (κ3) is 3.99. The van der Waals surface area contributed by atoms with Gasteiger partial charge < -0.3 is 19.9 Å². The fourth-order valence-electron chi connectivity index (χ4n) is 2.60. The van der Waals surface area contributed by atoms with Crippen LogP contribution in [0.1, 0.15) is 26.4 Å². The van der Waals surface area contributed by atoms with E-state index in [1.807, 2.05) is 23.6 Å². The Morgan fingerprint density at radius 3 is 2.30 bits per heavy atom. The van der Waals surface area contributed by atoms with Crippen molar-refractivity contribution in [2.75, 3.05) is 27.1 Å². The second-order valence-electron chi connectivity index (χ2n) is 5.56. The van der Waals surface area contributed by atoms with Crippen LogP contribution in [-0.2, 0) is 0 Å². The van der Waals surface area contributed by atoms with Gasteiger partial charge in [0.05, 0.1) is 31.9 Å². The molecule has 0 radical (unpaired) electrons. The number of nitrogen functional groups attached to an aromatic ring is 1. The largest absolute Gasteiger partial charge is 0.493 e. The molecule has 0 aliphatic heterocycles. The summed E-state index contributed by atoms with van der Waals surface area (Å²) < 4.78 is 16.0. The minimum absolute atomic E-state index is 0.196. The van der Waals surface area contributed by atoms with Gasteiger partial charge in [-0.15, -0.1) is 11.3 Å². The molecule has 5 nitrogen and oxygen atoms in total. The number of methoxy groups -OCH3 is 3. The highest BCUT2D eigenvalue weighted by Gasteiger charge is 2.20. The highest BCUT2D eigenvalue weighted by molar-refractivity contribution is 7.17. The summed E-state index contributed by atoms with van der Waals surface area (Å²) in [4.78, 5) is 13.9. The minimum atomic E-state index is -0.196. The lowest BCUT2D eigenvalue weighted by molar-refractivity contribution is 0.103. The molecular formula is C20H19NO4S2. The Hall–Kier alpha value is -2.77. The molecule has 3 rings (SSSR count). The van der Waals surface area contributed by atoms with Crippen LogP contribution >= 0.6 is 22.7 Å². The highest BCUT2D eigenvalue weighted by atomic mass is 32.1. The predicted octanol–water partition coefficient (Wildman–Crippen LogP) is 4.82. The summed E-state index contributed by atoms with van der Waals surface area (Å²) in [6, 6.07) is 7.08. The molecule has 140 valence electrons. The molecule has 0 saturated heterocycles. The van der Waals surface area contributed by atoms with Crippen LogP contribution in [0.15, 0.2) is 35.0 Å². The van der Waals surface area contributed by atoms with Crippen molar-refractivity contribution in [3.8, 4) is 17.2 Å². The van der Waals surface area contributed by atoms with Crippen molar-refractivity contribution in [1.29, 1.82) is 0 Å². The summed E-state index contributed by atoms with van der Waals surface area (Å²) in [5, 5.41) is 4.54. The van der Waals surface area contributed by atoms with E-state index >= 15 is 0 Å². The molecule has 0 fully saturated rings. The second kappa shape index (κ2) is 8.28. The number of thiophene rings is 2. The van der Waals surface area contributed by atoms with Crippen molar-refractivity contribution >= 4 is 45.6 Å². The molecule has 0 amide bonds. The normalized spacial score (nSPS) is 10.9. The van der Waals surface area contributed by atoms with E-state index in [9.17, 15) is 4.79 Å². The first-order chi connectivity index (χ1) is 13.1. The molecule has 2 aromatic heterocycles. The van der Waals surface area contributed by atoms with Crippen LogP contribution in [0.4, 0.5) is 5.00 Å². The fraction of sp³-hybridized carbons (Fsp3) is 0.150. The number of hydrogen-bond donors (Lipinski definition) is 1. The lowest BCUT2D eigenvalue weighted by Crippen LogP contribution is -2.05. The van der Waals surface area contributed by atoms with Crippen LogP contribution in [-0.4, -0.2) is 27.1 Å². The van der Waals surface area contributed by atoms with Crippen LogP contribution in [0.5, 0.6) is 17.2 Å². The summed E-state index contributed by atoms with van der Waals surface area (Å²) in [5.41, 5.74) is 8.10. The maximum absolute atomic E-state index is 13.0. The average Bonchev–Trinajstić information content (AvgIpc) is 3.33. The molecular weight excluding hydrogens is 382 g/mol. The van der Waals surface area contributed by atoms with Gasteiger partial charge in [-0.05, 0) is 46.7 Å². The first-order valence-electron chi connectivity index (χ1n) is 8.01. The van der Waals surface area contributed by atoms with Crippen LogP contribution in [0.25, 0.3) is 12.2 Å². The third-order valence-corrected chi connectivity index (χ3v) is 5.57. The first kappa shape index (κ1) is 19.0. The smallest absolute Gasteiger partial charge is 0.203 e. The quantitative estimate of drug-likeness (QED) is 0.575. The fourth-order valence-corrected chi connectivity index (χ4v) is 4.06. The van der Waals surface area contributed by atoms with E-state index < -0.39 is 0 Å². The highest BCUT2D eigenvalue weighted by Crippen LogP contribution is 2.39. The Morgan fingerprint density at radius 1 is 1.04 bits per heavy atom. The lowest BCUT2D eigenvalue weighted by Gasteiger charge is -2.13. The molecule has 2 N–H and O–H groups in total. The van der Waals surface area contributed by atoms with E-state index in [0.717, 1.165) is 10.4 Å². The molecule has 0 saturated carbocycles. The summed E-state index contributed by atoms with van der Waals surface area (Å²) in [7, 11) is 4.54. The molecule has 7 heteroatoms. The SMILES string of the molecule is COc1cc(C(=O)c2cc(/C=C\c3ccsc3)sc2N)cc(OC)c1OC. The lowest BCUT2D eigenvalue weighted by atomic mass is 10.0. The molecule has 27 heavy (non-hydrogen) atoms. The summed E-state index contributed by atoms with van der Waals surface area (Å²) >= 11 is 3.01. The van der Waals surface area contributed by atoms with Gasteiger partial charge in [-0.25, -0.2) is 0 Å². The van der Waals surface area contributed by atoms with Gasteiger partial charge in [-0.3, -0.25) is 4.79 Å². The number of carbonyl (C=O) groups excluding carboxylic acids is 1. The number of carbonyl (C=O) groups is 1. The standard InChI is InChI=1S/C20H19NO4S2/c1-23-16-8-13(9-17(24-2)19(16)25-3)18(22)15-10-14(27-20(15)21)5-4-12-6-7-26-11-12/h4-11H,21H2,1-3H3/b5-4-. The molecule has 2 heterocycles. The van der Waals surface area contributed by atoms with Gasteiger partial charge in [0.25, 0.3) is 0 Å².